The van der Waals surface area contributed by atoms with Crippen LogP contribution in [0.5, 0.6) is 0 Å². The number of anilines is 1. The molecule has 0 spiro atoms. The number of benzene rings is 2. The first-order chi connectivity index (χ1) is 12.6. The summed E-state index contributed by atoms with van der Waals surface area (Å²) in [5, 5.41) is 3.43. The molecule has 144 valence electrons. The van der Waals surface area contributed by atoms with Crippen molar-refractivity contribution in [3.63, 3.8) is 0 Å². The highest BCUT2D eigenvalue weighted by molar-refractivity contribution is 6.35. The number of ether oxygens (including phenoxy) is 1. The summed E-state index contributed by atoms with van der Waals surface area (Å²) in [6.45, 7) is 5.23. The van der Waals surface area contributed by atoms with Crippen LogP contribution < -0.4 is 16.2 Å². The van der Waals surface area contributed by atoms with E-state index in [4.69, 9.17) is 27.9 Å². The van der Waals surface area contributed by atoms with Crippen molar-refractivity contribution in [1.82, 2.24) is 10.7 Å². The van der Waals surface area contributed by atoms with E-state index in [-0.39, 0.29) is 0 Å². The van der Waals surface area contributed by atoms with Gasteiger partial charge in [-0.3, -0.25) is 15.6 Å². The summed E-state index contributed by atoms with van der Waals surface area (Å²) in [7, 11) is 0. The lowest BCUT2D eigenvalue weighted by Crippen LogP contribution is -2.44. The molecule has 1 atom stereocenters. The molecular weight excluding hydrogens is 389 g/mol. The van der Waals surface area contributed by atoms with Crippen LogP contribution in [-0.2, 0) is 9.53 Å². The second-order valence-electron chi connectivity index (χ2n) is 6.76. The fourth-order valence-electron chi connectivity index (χ4n) is 2.20. The lowest BCUT2D eigenvalue weighted by molar-refractivity contribution is -0.122. The average molecular weight is 410 g/mol. The van der Waals surface area contributed by atoms with Crippen molar-refractivity contribution in [2.24, 2.45) is 0 Å². The minimum Gasteiger partial charge on any atom is -0.444 e. The van der Waals surface area contributed by atoms with Gasteiger partial charge in [-0.1, -0.05) is 53.5 Å². The summed E-state index contributed by atoms with van der Waals surface area (Å²) in [5.41, 5.74) is 5.71. The molecule has 0 aliphatic heterocycles. The number of hydrogen-bond donors (Lipinski definition) is 3. The van der Waals surface area contributed by atoms with Gasteiger partial charge in [0.1, 0.15) is 11.6 Å². The molecule has 0 radical (unpaired) electrons. The Balaban J connectivity index is 2.12. The van der Waals surface area contributed by atoms with Gasteiger partial charge in [0.2, 0.25) is 0 Å². The molecule has 27 heavy (non-hydrogen) atoms. The lowest BCUT2D eigenvalue weighted by Gasteiger charge is -2.23. The van der Waals surface area contributed by atoms with Crippen LogP contribution >= 0.6 is 23.2 Å². The van der Waals surface area contributed by atoms with Crippen LogP contribution in [0.4, 0.5) is 10.5 Å². The minimum absolute atomic E-state index is 0.422. The number of alkyl carbamates (subject to hydrolysis) is 1. The molecule has 0 fully saturated rings. The van der Waals surface area contributed by atoms with Gasteiger partial charge < -0.3 is 10.1 Å². The molecule has 1 unspecified atom stereocenters. The van der Waals surface area contributed by atoms with Crippen LogP contribution in [0.2, 0.25) is 10.0 Å². The van der Waals surface area contributed by atoms with E-state index in [1.165, 1.54) is 0 Å². The van der Waals surface area contributed by atoms with Gasteiger partial charge in [0.05, 0.1) is 5.69 Å². The highest BCUT2D eigenvalue weighted by Crippen LogP contribution is 2.22. The molecule has 8 heteroatoms. The SMILES string of the molecule is CC(C)(C)OC(=O)NC(C(=O)NNc1cc(Cl)cc(Cl)c1)c1ccccc1. The number of carbonyl (C=O) groups excluding carboxylic acids is 2. The van der Waals surface area contributed by atoms with Gasteiger partial charge in [-0.05, 0) is 44.5 Å². The quantitative estimate of drug-likeness (QED) is 0.625. The van der Waals surface area contributed by atoms with Gasteiger partial charge >= 0.3 is 6.09 Å². The van der Waals surface area contributed by atoms with Gasteiger partial charge in [0.15, 0.2) is 0 Å². The second kappa shape index (κ2) is 8.97. The maximum absolute atomic E-state index is 12.7. The van der Waals surface area contributed by atoms with Gasteiger partial charge in [-0.2, -0.15) is 0 Å². The number of amides is 2. The number of hydrogen-bond acceptors (Lipinski definition) is 4. The van der Waals surface area contributed by atoms with Crippen molar-refractivity contribution < 1.29 is 14.3 Å². The molecule has 3 N–H and O–H groups in total. The molecule has 0 heterocycles. The molecule has 0 aromatic heterocycles. The first-order valence-corrected chi connectivity index (χ1v) is 8.96. The van der Waals surface area contributed by atoms with Crippen molar-refractivity contribution in [2.75, 3.05) is 5.43 Å². The minimum atomic E-state index is -0.955. The Morgan fingerprint density at radius 1 is 1.00 bits per heavy atom. The number of nitrogens with one attached hydrogen (secondary N) is 3. The number of carbonyl (C=O) groups is 2. The summed E-state index contributed by atoms with van der Waals surface area (Å²) in [5.74, 6) is -0.483. The molecule has 2 rings (SSSR count). The van der Waals surface area contributed by atoms with Gasteiger partial charge in [-0.25, -0.2) is 4.79 Å². The first kappa shape index (κ1) is 20.9. The van der Waals surface area contributed by atoms with E-state index in [1.54, 1.807) is 63.2 Å². The fraction of sp³-hybridized carbons (Fsp3) is 0.263. The summed E-state index contributed by atoms with van der Waals surface area (Å²) < 4.78 is 5.25. The zero-order chi connectivity index (χ0) is 20.0. The van der Waals surface area contributed by atoms with Gasteiger partial charge in [0.25, 0.3) is 5.91 Å². The monoisotopic (exact) mass is 409 g/mol. The molecule has 0 aliphatic rings. The van der Waals surface area contributed by atoms with Crippen LogP contribution in [0.15, 0.2) is 48.5 Å². The zero-order valence-corrected chi connectivity index (χ0v) is 16.7. The maximum Gasteiger partial charge on any atom is 0.408 e. The van der Waals surface area contributed by atoms with E-state index < -0.39 is 23.6 Å². The van der Waals surface area contributed by atoms with E-state index in [2.05, 4.69) is 16.2 Å². The fourth-order valence-corrected chi connectivity index (χ4v) is 2.73. The van der Waals surface area contributed by atoms with Crippen molar-refractivity contribution in [1.29, 1.82) is 0 Å². The Kier molecular flexibility index (Phi) is 6.93. The van der Waals surface area contributed by atoms with Gasteiger partial charge in [0, 0.05) is 10.0 Å². The second-order valence-corrected chi connectivity index (χ2v) is 7.64. The normalized spacial score (nSPS) is 12.0. The van der Waals surface area contributed by atoms with E-state index in [0.29, 0.717) is 21.3 Å². The molecule has 2 aromatic carbocycles. The van der Waals surface area contributed by atoms with Crippen LogP contribution in [0.3, 0.4) is 0 Å². The number of rotatable bonds is 5. The van der Waals surface area contributed by atoms with Crippen LogP contribution in [0.1, 0.15) is 32.4 Å². The highest BCUT2D eigenvalue weighted by Gasteiger charge is 2.25. The molecule has 6 nitrogen and oxygen atoms in total. The standard InChI is InChI=1S/C19H21Cl2N3O3/c1-19(2,3)27-18(26)22-16(12-7-5-4-6-8-12)17(25)24-23-15-10-13(20)9-14(21)11-15/h4-11,16,23H,1-3H3,(H,22,26)(H,24,25). The smallest absolute Gasteiger partial charge is 0.408 e. The summed E-state index contributed by atoms with van der Waals surface area (Å²) in [4.78, 5) is 24.8. The third kappa shape index (κ3) is 7.00. The maximum atomic E-state index is 12.7. The summed E-state index contributed by atoms with van der Waals surface area (Å²) in [6.07, 6.45) is -0.697. The van der Waals surface area contributed by atoms with E-state index in [0.717, 1.165) is 0 Å². The molecular formula is C19H21Cl2N3O3. The van der Waals surface area contributed by atoms with Crippen LogP contribution in [-0.4, -0.2) is 17.6 Å². The van der Waals surface area contributed by atoms with Crippen molar-refractivity contribution in [3.8, 4) is 0 Å². The number of hydrazine groups is 1. The molecule has 0 saturated heterocycles. The number of halogens is 2. The Bertz CT molecular complexity index is 787. The Labute approximate surface area is 168 Å². The highest BCUT2D eigenvalue weighted by atomic mass is 35.5. The summed E-state index contributed by atoms with van der Waals surface area (Å²) >= 11 is 11.9. The molecule has 0 bridgehead atoms. The van der Waals surface area contributed by atoms with E-state index in [1.807, 2.05) is 6.07 Å². The largest absolute Gasteiger partial charge is 0.444 e. The third-order valence-electron chi connectivity index (χ3n) is 3.25. The third-order valence-corrected chi connectivity index (χ3v) is 3.69. The Morgan fingerprint density at radius 2 is 1.59 bits per heavy atom. The topological polar surface area (TPSA) is 79.5 Å². The van der Waals surface area contributed by atoms with Crippen LogP contribution in [0, 0.1) is 0 Å². The van der Waals surface area contributed by atoms with E-state index >= 15 is 0 Å². The predicted molar refractivity (Wildman–Crippen MR) is 107 cm³/mol. The van der Waals surface area contributed by atoms with Gasteiger partial charge in [-0.15, -0.1) is 0 Å². The molecule has 2 amide bonds. The van der Waals surface area contributed by atoms with Crippen molar-refractivity contribution >= 4 is 40.9 Å². The first-order valence-electron chi connectivity index (χ1n) is 8.20. The van der Waals surface area contributed by atoms with E-state index in [9.17, 15) is 9.59 Å². The average Bonchev–Trinajstić information content (AvgIpc) is 2.56. The molecule has 0 saturated carbocycles. The Hall–Kier alpha value is -2.44. The van der Waals surface area contributed by atoms with Crippen molar-refractivity contribution in [2.45, 2.75) is 32.4 Å². The van der Waals surface area contributed by atoms with Crippen LogP contribution in [0.25, 0.3) is 0 Å². The predicted octanol–water partition coefficient (Wildman–Crippen LogP) is 4.70. The zero-order valence-electron chi connectivity index (χ0n) is 15.2. The lowest BCUT2D eigenvalue weighted by atomic mass is 10.1. The molecule has 2 aromatic rings. The summed E-state index contributed by atoms with van der Waals surface area (Å²) in [6, 6.07) is 12.7. The molecule has 0 aliphatic carbocycles. The Morgan fingerprint density at radius 3 is 2.15 bits per heavy atom. The van der Waals surface area contributed by atoms with Crippen molar-refractivity contribution in [3.05, 3.63) is 64.1 Å².